The van der Waals surface area contributed by atoms with Crippen LogP contribution in [0.4, 0.5) is 0 Å². The van der Waals surface area contributed by atoms with E-state index in [1.165, 1.54) is 71.8 Å². The van der Waals surface area contributed by atoms with E-state index in [2.05, 4.69) is 200 Å². The molecule has 0 fully saturated rings. The van der Waals surface area contributed by atoms with Gasteiger partial charge in [0.05, 0.1) is 5.41 Å². The third kappa shape index (κ3) is 4.51. The maximum atomic E-state index is 6.54. The van der Waals surface area contributed by atoms with Gasteiger partial charge in [-0.15, -0.1) is 0 Å². The van der Waals surface area contributed by atoms with Crippen LogP contribution in [0.3, 0.4) is 0 Å². The highest BCUT2D eigenvalue weighted by atomic mass is 16.5. The number of ether oxygens (including phenoxy) is 1. The SMILES string of the molecule is c1ccc(C2(c3ccccc3)c3cc(-c4ccc5c(c4)-c4cccc6cccc(c46)O5)ccc3-c3c2cc2ccccc2c3-c2ccc3oc4ccccc4c3c2)cc1. The lowest BCUT2D eigenvalue weighted by atomic mass is 9.67. The van der Waals surface area contributed by atoms with Crippen LogP contribution in [0.15, 0.2) is 211 Å². The molecule has 1 aliphatic heterocycles. The third-order valence-electron chi connectivity index (χ3n) is 12.9. The average molecular weight is 751 g/mol. The molecule has 2 aliphatic rings. The second-order valence-corrected chi connectivity index (χ2v) is 15.9. The summed E-state index contributed by atoms with van der Waals surface area (Å²) in [5.74, 6) is 1.79. The van der Waals surface area contributed by atoms with Crippen molar-refractivity contribution >= 4 is 43.5 Å². The Morgan fingerprint density at radius 1 is 0.339 bits per heavy atom. The molecule has 10 aromatic carbocycles. The Labute approximate surface area is 341 Å². The van der Waals surface area contributed by atoms with Crippen molar-refractivity contribution in [2.45, 2.75) is 5.41 Å². The van der Waals surface area contributed by atoms with Gasteiger partial charge in [-0.2, -0.15) is 0 Å². The first-order chi connectivity index (χ1) is 29.2. The Balaban J connectivity index is 1.12. The van der Waals surface area contributed by atoms with Gasteiger partial charge in [0.15, 0.2) is 0 Å². The number of rotatable bonds is 4. The molecule has 0 amide bonds. The second-order valence-electron chi connectivity index (χ2n) is 15.9. The number of hydrogen-bond donors (Lipinski definition) is 0. The largest absolute Gasteiger partial charge is 0.456 e. The van der Waals surface area contributed by atoms with Crippen molar-refractivity contribution in [3.63, 3.8) is 0 Å². The zero-order chi connectivity index (χ0) is 38.7. The van der Waals surface area contributed by atoms with Gasteiger partial charge in [0.25, 0.3) is 0 Å². The van der Waals surface area contributed by atoms with Gasteiger partial charge >= 0.3 is 0 Å². The van der Waals surface area contributed by atoms with Crippen LogP contribution in [0.25, 0.3) is 88.0 Å². The molecule has 0 radical (unpaired) electrons. The Bertz CT molecular complexity index is 3480. The molecule has 13 rings (SSSR count). The standard InChI is InChI=1S/C57H34O2/c1-3-16-40(17-4-1)57(41-18-5-2-6-19-41)48-33-37(36-26-29-52-47(31-36)44-22-11-14-35-15-12-24-53(59-52)54(35)44)25-28-45(48)56-49(57)34-38-13-7-8-20-42(38)55(56)39-27-30-51-46(32-39)43-21-9-10-23-50(43)58-51/h1-34H. The van der Waals surface area contributed by atoms with Crippen LogP contribution in [0, 0.1) is 0 Å². The van der Waals surface area contributed by atoms with Crippen molar-refractivity contribution in [3.05, 3.63) is 229 Å². The number of furan rings is 1. The van der Waals surface area contributed by atoms with E-state index in [-0.39, 0.29) is 0 Å². The molecule has 2 heteroatoms. The van der Waals surface area contributed by atoms with Gasteiger partial charge in [-0.3, -0.25) is 0 Å². The van der Waals surface area contributed by atoms with Gasteiger partial charge in [-0.25, -0.2) is 0 Å². The molecule has 0 spiro atoms. The van der Waals surface area contributed by atoms with E-state index >= 15 is 0 Å². The number of fused-ring (bicyclic) bond motifs is 9. The summed E-state index contributed by atoms with van der Waals surface area (Å²) in [6.07, 6.45) is 0. The highest BCUT2D eigenvalue weighted by Crippen LogP contribution is 2.60. The van der Waals surface area contributed by atoms with E-state index in [9.17, 15) is 0 Å². The average Bonchev–Trinajstić information content (AvgIpc) is 3.82. The molecule has 0 N–H and O–H groups in total. The highest BCUT2D eigenvalue weighted by Gasteiger charge is 2.47. The third-order valence-corrected chi connectivity index (χ3v) is 12.9. The van der Waals surface area contributed by atoms with Gasteiger partial charge in [-0.05, 0) is 126 Å². The Morgan fingerprint density at radius 2 is 1.00 bits per heavy atom. The summed E-state index contributed by atoms with van der Waals surface area (Å²) in [5.41, 5.74) is 15.8. The van der Waals surface area contributed by atoms with Crippen molar-refractivity contribution < 1.29 is 9.15 Å². The van der Waals surface area contributed by atoms with E-state index in [1.54, 1.807) is 0 Å². The van der Waals surface area contributed by atoms with E-state index < -0.39 is 5.41 Å². The van der Waals surface area contributed by atoms with E-state index in [0.29, 0.717) is 0 Å². The molecule has 0 unspecified atom stereocenters. The molecule has 0 saturated heterocycles. The maximum Gasteiger partial charge on any atom is 0.135 e. The van der Waals surface area contributed by atoms with Crippen LogP contribution < -0.4 is 4.74 Å². The lowest BCUT2D eigenvalue weighted by Crippen LogP contribution is -2.28. The molecular weight excluding hydrogens is 717 g/mol. The van der Waals surface area contributed by atoms with E-state index in [4.69, 9.17) is 9.15 Å². The maximum absolute atomic E-state index is 6.54. The quantitative estimate of drug-likeness (QED) is 0.179. The fourth-order valence-electron chi connectivity index (χ4n) is 10.4. The normalized spacial score (nSPS) is 13.4. The summed E-state index contributed by atoms with van der Waals surface area (Å²) < 4.78 is 12.9. The number of hydrogen-bond acceptors (Lipinski definition) is 2. The molecule has 0 bridgehead atoms. The summed E-state index contributed by atoms with van der Waals surface area (Å²) in [6.45, 7) is 0. The molecule has 2 heterocycles. The molecule has 59 heavy (non-hydrogen) atoms. The molecule has 0 saturated carbocycles. The highest BCUT2D eigenvalue weighted by molar-refractivity contribution is 6.13. The minimum atomic E-state index is -0.601. The van der Waals surface area contributed by atoms with Crippen molar-refractivity contribution in [3.8, 4) is 56.0 Å². The van der Waals surface area contributed by atoms with Crippen molar-refractivity contribution in [1.29, 1.82) is 0 Å². The summed E-state index contributed by atoms with van der Waals surface area (Å²) >= 11 is 0. The number of benzene rings is 10. The Hall–Kier alpha value is -7.68. The van der Waals surface area contributed by atoms with Crippen molar-refractivity contribution in [2.75, 3.05) is 0 Å². The topological polar surface area (TPSA) is 22.4 Å². The predicted octanol–water partition coefficient (Wildman–Crippen LogP) is 15.4. The number of para-hydroxylation sites is 1. The zero-order valence-electron chi connectivity index (χ0n) is 31.9. The van der Waals surface area contributed by atoms with Crippen LogP contribution in [0.1, 0.15) is 22.3 Å². The fraction of sp³-hybridized carbons (Fsp3) is 0.0175. The van der Waals surface area contributed by atoms with Crippen LogP contribution in [0.2, 0.25) is 0 Å². The molecule has 0 atom stereocenters. The van der Waals surface area contributed by atoms with Gasteiger partial charge in [-0.1, -0.05) is 158 Å². The first-order valence-corrected chi connectivity index (χ1v) is 20.3. The van der Waals surface area contributed by atoms with Crippen molar-refractivity contribution in [1.82, 2.24) is 0 Å². The Morgan fingerprint density at radius 3 is 1.83 bits per heavy atom. The molecule has 274 valence electrons. The van der Waals surface area contributed by atoms with Gasteiger partial charge in [0.2, 0.25) is 0 Å². The molecule has 11 aromatic rings. The summed E-state index contributed by atoms with van der Waals surface area (Å²) in [5, 5.41) is 7.05. The lowest BCUT2D eigenvalue weighted by Gasteiger charge is -2.34. The predicted molar refractivity (Wildman–Crippen MR) is 242 cm³/mol. The van der Waals surface area contributed by atoms with Gasteiger partial charge < -0.3 is 9.15 Å². The summed E-state index contributed by atoms with van der Waals surface area (Å²) in [6, 6.07) is 75.4. The first kappa shape index (κ1) is 32.4. The van der Waals surface area contributed by atoms with Crippen LogP contribution in [-0.4, -0.2) is 0 Å². The first-order valence-electron chi connectivity index (χ1n) is 20.3. The van der Waals surface area contributed by atoms with Gasteiger partial charge in [0, 0.05) is 21.7 Å². The van der Waals surface area contributed by atoms with Crippen LogP contribution in [0.5, 0.6) is 11.5 Å². The zero-order valence-corrected chi connectivity index (χ0v) is 31.9. The van der Waals surface area contributed by atoms with Crippen LogP contribution >= 0.6 is 0 Å². The summed E-state index contributed by atoms with van der Waals surface area (Å²) in [7, 11) is 0. The van der Waals surface area contributed by atoms with Crippen molar-refractivity contribution in [2.24, 2.45) is 0 Å². The fourth-order valence-corrected chi connectivity index (χ4v) is 10.4. The minimum Gasteiger partial charge on any atom is -0.456 e. The summed E-state index contributed by atoms with van der Waals surface area (Å²) in [4.78, 5) is 0. The molecule has 2 nitrogen and oxygen atoms in total. The monoisotopic (exact) mass is 750 g/mol. The minimum absolute atomic E-state index is 0.601. The molecule has 1 aliphatic carbocycles. The molecule has 1 aromatic heterocycles. The van der Waals surface area contributed by atoms with Crippen LogP contribution in [-0.2, 0) is 5.41 Å². The smallest absolute Gasteiger partial charge is 0.135 e. The second kappa shape index (κ2) is 12.2. The Kier molecular flexibility index (Phi) is 6.68. The van der Waals surface area contributed by atoms with E-state index in [1.807, 2.05) is 6.07 Å². The molecular formula is C57H34O2. The lowest BCUT2D eigenvalue weighted by molar-refractivity contribution is 0.487. The van der Waals surface area contributed by atoms with E-state index in [0.717, 1.165) is 50.0 Å². The van der Waals surface area contributed by atoms with Gasteiger partial charge in [0.1, 0.15) is 22.7 Å².